The molecule has 1 aliphatic carbocycles. The summed E-state index contributed by atoms with van der Waals surface area (Å²) in [5, 5.41) is 21.1. The predicted molar refractivity (Wildman–Crippen MR) is 147 cm³/mol. The van der Waals surface area contributed by atoms with E-state index in [1.165, 1.54) is 0 Å². The second-order valence-electron chi connectivity index (χ2n) is 9.13. The van der Waals surface area contributed by atoms with Gasteiger partial charge >= 0.3 is 0 Å². The topological polar surface area (TPSA) is 73.6 Å². The zero-order valence-electron chi connectivity index (χ0n) is 20.2. The molecular formula is C30H27BrN2O3. The molecule has 0 bridgehead atoms. The SMILES string of the molecule is COc1ccc(C2C3=C(CCCC3=O)N(c3ccc(Br)cc3)C(=N)/C2=C(/O)c2ccc(C)cc2)cc1. The van der Waals surface area contributed by atoms with Crippen molar-refractivity contribution in [1.29, 1.82) is 5.41 Å². The Balaban J connectivity index is 1.80. The largest absolute Gasteiger partial charge is 0.507 e. The molecule has 3 aromatic carbocycles. The standard InChI is InChI=1S/C30H27BrN2O3/c1-18-6-8-20(9-7-18)29(35)28-26(19-10-16-23(36-2)17-11-19)27-24(4-3-5-25(27)34)33(30(28)32)22-14-12-21(31)13-15-22/h6-17,26,32,35H,3-5H2,1-2H3/b29-28+,32-30?. The van der Waals surface area contributed by atoms with Crippen molar-refractivity contribution in [2.45, 2.75) is 32.1 Å². The van der Waals surface area contributed by atoms with Crippen molar-refractivity contribution in [2.75, 3.05) is 12.0 Å². The lowest BCUT2D eigenvalue weighted by Gasteiger charge is -2.41. The summed E-state index contributed by atoms with van der Waals surface area (Å²) >= 11 is 3.49. The number of aliphatic hydroxyl groups excluding tert-OH is 1. The van der Waals surface area contributed by atoms with Crippen LogP contribution in [0.15, 0.2) is 94.1 Å². The number of carbonyl (C=O) groups excluding carboxylic acids is 1. The molecule has 5 nitrogen and oxygen atoms in total. The number of Topliss-reactive ketones (excluding diaryl/α,β-unsaturated/α-hetero) is 1. The fourth-order valence-electron chi connectivity index (χ4n) is 5.06. The molecule has 1 heterocycles. The summed E-state index contributed by atoms with van der Waals surface area (Å²) in [5.41, 5.74) is 5.22. The van der Waals surface area contributed by atoms with Crippen molar-refractivity contribution in [3.05, 3.63) is 111 Å². The Morgan fingerprint density at radius 1 is 1.00 bits per heavy atom. The van der Waals surface area contributed by atoms with Gasteiger partial charge in [-0.2, -0.15) is 0 Å². The average Bonchev–Trinajstić information content (AvgIpc) is 2.89. The number of ketones is 1. The van der Waals surface area contributed by atoms with Crippen LogP contribution < -0.4 is 9.64 Å². The van der Waals surface area contributed by atoms with E-state index in [2.05, 4.69) is 15.9 Å². The van der Waals surface area contributed by atoms with Crippen molar-refractivity contribution in [2.24, 2.45) is 0 Å². The van der Waals surface area contributed by atoms with Crippen LogP contribution in [0.2, 0.25) is 0 Å². The van der Waals surface area contributed by atoms with Gasteiger partial charge in [-0.05, 0) is 61.7 Å². The number of ether oxygens (including phenoxy) is 1. The van der Waals surface area contributed by atoms with Gasteiger partial charge in [-0.25, -0.2) is 0 Å². The highest BCUT2D eigenvalue weighted by molar-refractivity contribution is 9.10. The second kappa shape index (κ2) is 9.78. The van der Waals surface area contributed by atoms with Crippen molar-refractivity contribution < 1.29 is 14.6 Å². The number of hydrogen-bond acceptors (Lipinski definition) is 4. The number of rotatable bonds is 4. The fourth-order valence-corrected chi connectivity index (χ4v) is 5.33. The summed E-state index contributed by atoms with van der Waals surface area (Å²) in [6.07, 6.45) is 1.87. The summed E-state index contributed by atoms with van der Waals surface area (Å²) in [6.45, 7) is 1.99. The van der Waals surface area contributed by atoms with Gasteiger partial charge in [-0.1, -0.05) is 57.9 Å². The Labute approximate surface area is 219 Å². The quantitative estimate of drug-likeness (QED) is 0.338. The number of benzene rings is 3. The van der Waals surface area contributed by atoms with Crippen molar-refractivity contribution >= 4 is 39.0 Å². The first-order chi connectivity index (χ1) is 17.4. The van der Waals surface area contributed by atoms with Gasteiger partial charge in [0.1, 0.15) is 17.3 Å². The number of allylic oxidation sites excluding steroid dienone is 2. The van der Waals surface area contributed by atoms with Gasteiger partial charge in [-0.15, -0.1) is 0 Å². The Bertz CT molecular complexity index is 1390. The number of aliphatic hydroxyl groups is 1. The van der Waals surface area contributed by atoms with Crippen molar-refractivity contribution in [3.63, 3.8) is 0 Å². The number of anilines is 1. The Hall–Kier alpha value is -3.64. The highest BCUT2D eigenvalue weighted by Crippen LogP contribution is 2.48. The van der Waals surface area contributed by atoms with Crippen molar-refractivity contribution in [1.82, 2.24) is 0 Å². The molecule has 0 saturated carbocycles. The Morgan fingerprint density at radius 3 is 2.31 bits per heavy atom. The lowest BCUT2D eigenvalue weighted by molar-refractivity contribution is -0.116. The van der Waals surface area contributed by atoms with Crippen LogP contribution in [0.3, 0.4) is 0 Å². The molecule has 1 atom stereocenters. The smallest absolute Gasteiger partial charge is 0.161 e. The molecule has 182 valence electrons. The van der Waals surface area contributed by atoms with E-state index in [0.29, 0.717) is 35.3 Å². The molecule has 1 aliphatic heterocycles. The van der Waals surface area contributed by atoms with Crippen LogP contribution >= 0.6 is 15.9 Å². The molecular weight excluding hydrogens is 516 g/mol. The number of nitrogens with one attached hydrogen (secondary N) is 1. The molecule has 0 saturated heterocycles. The third kappa shape index (κ3) is 4.26. The number of carbonyl (C=O) groups is 1. The third-order valence-electron chi connectivity index (χ3n) is 6.87. The van der Waals surface area contributed by atoms with E-state index >= 15 is 0 Å². The van der Waals surface area contributed by atoms with E-state index < -0.39 is 5.92 Å². The number of amidine groups is 1. The molecule has 1 unspecified atom stereocenters. The van der Waals surface area contributed by atoms with Crippen LogP contribution in [-0.4, -0.2) is 23.8 Å². The van der Waals surface area contributed by atoms with Gasteiger partial charge in [0.05, 0.1) is 7.11 Å². The molecule has 0 radical (unpaired) electrons. The van der Waals surface area contributed by atoms with Crippen LogP contribution in [0, 0.1) is 12.3 Å². The highest BCUT2D eigenvalue weighted by Gasteiger charge is 2.43. The normalized spacial score (nSPS) is 19.3. The van der Waals surface area contributed by atoms with Gasteiger partial charge < -0.3 is 9.84 Å². The maximum atomic E-state index is 13.5. The molecule has 0 amide bonds. The lowest BCUT2D eigenvalue weighted by Crippen LogP contribution is -2.42. The van der Waals surface area contributed by atoms with Gasteiger partial charge in [0.15, 0.2) is 5.78 Å². The van der Waals surface area contributed by atoms with Gasteiger partial charge in [-0.3, -0.25) is 15.1 Å². The van der Waals surface area contributed by atoms with E-state index in [1.807, 2.05) is 84.6 Å². The zero-order chi connectivity index (χ0) is 25.4. The lowest BCUT2D eigenvalue weighted by atomic mass is 9.73. The molecule has 0 spiro atoms. The average molecular weight is 543 g/mol. The summed E-state index contributed by atoms with van der Waals surface area (Å²) in [4.78, 5) is 15.4. The van der Waals surface area contributed by atoms with Gasteiger partial charge in [0.25, 0.3) is 0 Å². The molecule has 36 heavy (non-hydrogen) atoms. The highest BCUT2D eigenvalue weighted by atomic mass is 79.9. The van der Waals surface area contributed by atoms with E-state index in [1.54, 1.807) is 7.11 Å². The fraction of sp³-hybridized carbons (Fsp3) is 0.200. The molecule has 2 N–H and O–H groups in total. The van der Waals surface area contributed by atoms with Crippen LogP contribution in [0.4, 0.5) is 5.69 Å². The second-order valence-corrected chi connectivity index (χ2v) is 10.0. The monoisotopic (exact) mass is 542 g/mol. The van der Waals surface area contributed by atoms with Crippen LogP contribution in [0.5, 0.6) is 5.75 Å². The first-order valence-corrected chi connectivity index (χ1v) is 12.7. The van der Waals surface area contributed by atoms with Gasteiger partial charge in [0.2, 0.25) is 0 Å². The Morgan fingerprint density at radius 2 is 1.67 bits per heavy atom. The minimum absolute atomic E-state index is 0.00727. The first kappa shape index (κ1) is 24.1. The summed E-state index contributed by atoms with van der Waals surface area (Å²) in [5.74, 6) is 0.385. The number of aryl methyl sites for hydroxylation is 1. The maximum Gasteiger partial charge on any atom is 0.161 e. The number of methoxy groups -OCH3 is 1. The van der Waals surface area contributed by atoms with Gasteiger partial charge in [0, 0.05) is 44.9 Å². The Kier molecular flexibility index (Phi) is 6.54. The summed E-state index contributed by atoms with van der Waals surface area (Å²) < 4.78 is 6.28. The van der Waals surface area contributed by atoms with E-state index in [4.69, 9.17) is 4.74 Å². The van der Waals surface area contributed by atoms with E-state index in [0.717, 1.165) is 33.4 Å². The molecule has 6 heteroatoms. The van der Waals surface area contributed by atoms with E-state index in [9.17, 15) is 15.3 Å². The van der Waals surface area contributed by atoms with E-state index in [-0.39, 0.29) is 17.4 Å². The molecule has 3 aromatic rings. The molecule has 0 aromatic heterocycles. The van der Waals surface area contributed by atoms with Crippen LogP contribution in [0.1, 0.15) is 41.9 Å². The summed E-state index contributed by atoms with van der Waals surface area (Å²) in [6, 6.07) is 22.8. The summed E-state index contributed by atoms with van der Waals surface area (Å²) in [7, 11) is 1.61. The van der Waals surface area contributed by atoms with Crippen molar-refractivity contribution in [3.8, 4) is 5.75 Å². The molecule has 0 fully saturated rings. The number of nitrogens with zero attached hydrogens (tertiary/aromatic N) is 1. The third-order valence-corrected chi connectivity index (χ3v) is 7.40. The maximum absolute atomic E-state index is 13.5. The number of halogens is 1. The molecule has 2 aliphatic rings. The minimum Gasteiger partial charge on any atom is -0.507 e. The van der Waals surface area contributed by atoms with Crippen LogP contribution in [-0.2, 0) is 4.79 Å². The minimum atomic E-state index is -0.556. The molecule has 5 rings (SSSR count). The zero-order valence-corrected chi connectivity index (χ0v) is 21.8. The van der Waals surface area contributed by atoms with Crippen LogP contribution in [0.25, 0.3) is 5.76 Å². The number of hydrogen-bond donors (Lipinski definition) is 2. The first-order valence-electron chi connectivity index (χ1n) is 11.9. The predicted octanol–water partition coefficient (Wildman–Crippen LogP) is 7.32.